The lowest BCUT2D eigenvalue weighted by Crippen LogP contribution is -2.67. The van der Waals surface area contributed by atoms with Gasteiger partial charge in [0.2, 0.25) is 0 Å². The average Bonchev–Trinajstić information content (AvgIpc) is 2.53. The molecule has 2 bridgehead atoms. The molecule has 3 nitrogen and oxygen atoms in total. The molecule has 0 amide bonds. The number of nitrogens with one attached hydrogen (secondary N) is 1. The van der Waals surface area contributed by atoms with Crippen molar-refractivity contribution in [2.75, 3.05) is 39.3 Å². The molecule has 4 unspecified atom stereocenters. The number of nitrogens with zero attached hydrogens (tertiary/aromatic N) is 2. The summed E-state index contributed by atoms with van der Waals surface area (Å²) in [5.74, 6) is 1.91. The summed E-state index contributed by atoms with van der Waals surface area (Å²) in [5, 5.41) is 3.88. The van der Waals surface area contributed by atoms with Gasteiger partial charge in [0.05, 0.1) is 0 Å². The van der Waals surface area contributed by atoms with Crippen molar-refractivity contribution in [3.05, 3.63) is 0 Å². The molecule has 1 N–H and O–H groups in total. The van der Waals surface area contributed by atoms with Gasteiger partial charge in [-0.25, -0.2) is 0 Å². The molecule has 1 aliphatic carbocycles. The number of piperazine rings is 3. The fraction of sp³-hybridized carbons (Fsp3) is 1.00. The van der Waals surface area contributed by atoms with Gasteiger partial charge in [-0.3, -0.25) is 9.80 Å². The van der Waals surface area contributed by atoms with E-state index in [9.17, 15) is 0 Å². The van der Waals surface area contributed by atoms with Gasteiger partial charge in [-0.05, 0) is 31.2 Å². The number of hydrogen-bond acceptors (Lipinski definition) is 3. The van der Waals surface area contributed by atoms with Gasteiger partial charge in [0.1, 0.15) is 0 Å². The first-order valence-electron chi connectivity index (χ1n) is 9.01. The van der Waals surface area contributed by atoms with Crippen molar-refractivity contribution < 1.29 is 0 Å². The summed E-state index contributed by atoms with van der Waals surface area (Å²) in [4.78, 5) is 5.47. The van der Waals surface area contributed by atoms with Crippen LogP contribution in [0.3, 0.4) is 0 Å². The summed E-state index contributed by atoms with van der Waals surface area (Å²) in [6.45, 7) is 12.3. The lowest BCUT2D eigenvalue weighted by Gasteiger charge is -2.52. The summed E-state index contributed by atoms with van der Waals surface area (Å²) in [5.41, 5.74) is 0. The van der Waals surface area contributed by atoms with Crippen LogP contribution in [0, 0.1) is 11.8 Å². The second kappa shape index (κ2) is 6.76. The molecular formula is C17H33N3. The molecule has 0 aromatic heterocycles. The van der Waals surface area contributed by atoms with E-state index >= 15 is 0 Å². The third kappa shape index (κ3) is 3.05. The number of fused-ring (bicyclic) bond motifs is 3. The molecule has 3 aliphatic heterocycles. The van der Waals surface area contributed by atoms with Crippen molar-refractivity contribution in [2.45, 2.75) is 58.0 Å². The molecule has 3 heteroatoms. The number of rotatable bonds is 5. The highest BCUT2D eigenvalue weighted by molar-refractivity contribution is 4.98. The summed E-state index contributed by atoms with van der Waals surface area (Å²) in [6, 6.07) is 1.51. The first-order chi connectivity index (χ1) is 9.81. The zero-order valence-corrected chi connectivity index (χ0v) is 13.5. The van der Waals surface area contributed by atoms with Crippen LogP contribution in [-0.4, -0.2) is 61.2 Å². The highest BCUT2D eigenvalue weighted by Crippen LogP contribution is 2.35. The molecule has 20 heavy (non-hydrogen) atoms. The van der Waals surface area contributed by atoms with Crippen molar-refractivity contribution in [1.29, 1.82) is 0 Å². The molecule has 3 saturated heterocycles. The minimum Gasteiger partial charge on any atom is -0.312 e. The van der Waals surface area contributed by atoms with Crippen LogP contribution in [0.4, 0.5) is 0 Å². The molecule has 4 atom stereocenters. The van der Waals surface area contributed by atoms with E-state index < -0.39 is 0 Å². The second-order valence-corrected chi connectivity index (χ2v) is 7.19. The Morgan fingerprint density at radius 3 is 2.50 bits per heavy atom. The SMILES string of the molecule is CCNC(C1CCCC(CC)C1)C1CN2CCN1CC2. The summed E-state index contributed by atoms with van der Waals surface area (Å²) in [6.07, 6.45) is 7.25. The molecule has 0 radical (unpaired) electrons. The van der Waals surface area contributed by atoms with Gasteiger partial charge in [0.15, 0.2) is 0 Å². The lowest BCUT2D eigenvalue weighted by atomic mass is 9.74. The zero-order valence-electron chi connectivity index (χ0n) is 13.5. The molecule has 0 aromatic carbocycles. The van der Waals surface area contributed by atoms with Gasteiger partial charge in [-0.2, -0.15) is 0 Å². The van der Waals surface area contributed by atoms with E-state index in [-0.39, 0.29) is 0 Å². The highest BCUT2D eigenvalue weighted by atomic mass is 15.4. The molecule has 3 heterocycles. The first-order valence-corrected chi connectivity index (χ1v) is 9.01. The second-order valence-electron chi connectivity index (χ2n) is 7.19. The van der Waals surface area contributed by atoms with Crippen LogP contribution in [0.5, 0.6) is 0 Å². The fourth-order valence-corrected chi connectivity index (χ4v) is 4.88. The molecule has 1 saturated carbocycles. The van der Waals surface area contributed by atoms with Gasteiger partial charge in [0.25, 0.3) is 0 Å². The third-order valence-electron chi connectivity index (χ3n) is 6.08. The molecule has 4 fully saturated rings. The van der Waals surface area contributed by atoms with Crippen LogP contribution >= 0.6 is 0 Å². The molecule has 116 valence electrons. The van der Waals surface area contributed by atoms with E-state index in [1.807, 2.05) is 0 Å². The minimum atomic E-state index is 0.734. The van der Waals surface area contributed by atoms with Crippen molar-refractivity contribution in [3.63, 3.8) is 0 Å². The van der Waals surface area contributed by atoms with E-state index in [1.165, 1.54) is 64.8 Å². The van der Waals surface area contributed by atoms with Crippen LogP contribution in [0.2, 0.25) is 0 Å². The Balaban J connectivity index is 1.68. The van der Waals surface area contributed by atoms with Crippen molar-refractivity contribution in [1.82, 2.24) is 15.1 Å². The molecule has 0 aromatic rings. The summed E-state index contributed by atoms with van der Waals surface area (Å²) < 4.78 is 0. The zero-order chi connectivity index (χ0) is 13.9. The standard InChI is InChI=1S/C17H33N3/c1-3-14-6-5-7-15(12-14)17(18-4-2)16-13-19-8-10-20(16)11-9-19/h14-18H,3-13H2,1-2H3. The van der Waals surface area contributed by atoms with Gasteiger partial charge < -0.3 is 5.32 Å². The predicted molar refractivity (Wildman–Crippen MR) is 85.0 cm³/mol. The Morgan fingerprint density at radius 2 is 1.90 bits per heavy atom. The summed E-state index contributed by atoms with van der Waals surface area (Å²) in [7, 11) is 0. The highest BCUT2D eigenvalue weighted by Gasteiger charge is 2.40. The first kappa shape index (κ1) is 14.8. The molecular weight excluding hydrogens is 246 g/mol. The topological polar surface area (TPSA) is 18.5 Å². The van der Waals surface area contributed by atoms with Crippen LogP contribution in [0.25, 0.3) is 0 Å². The van der Waals surface area contributed by atoms with E-state index in [2.05, 4.69) is 29.0 Å². The van der Waals surface area contributed by atoms with Gasteiger partial charge >= 0.3 is 0 Å². The smallest absolute Gasteiger partial charge is 0.0380 e. The van der Waals surface area contributed by atoms with Crippen molar-refractivity contribution in [2.24, 2.45) is 11.8 Å². The van der Waals surface area contributed by atoms with Gasteiger partial charge in [0, 0.05) is 44.8 Å². The Labute approximate surface area is 125 Å². The quantitative estimate of drug-likeness (QED) is 0.832. The maximum absolute atomic E-state index is 3.88. The largest absolute Gasteiger partial charge is 0.312 e. The van der Waals surface area contributed by atoms with Gasteiger partial charge in [-0.15, -0.1) is 0 Å². The maximum Gasteiger partial charge on any atom is 0.0380 e. The van der Waals surface area contributed by atoms with Crippen LogP contribution in [-0.2, 0) is 0 Å². The third-order valence-corrected chi connectivity index (χ3v) is 6.08. The Hall–Kier alpha value is -0.120. The summed E-state index contributed by atoms with van der Waals surface area (Å²) >= 11 is 0. The van der Waals surface area contributed by atoms with Crippen molar-refractivity contribution >= 4 is 0 Å². The molecule has 4 rings (SSSR count). The van der Waals surface area contributed by atoms with E-state index in [4.69, 9.17) is 0 Å². The lowest BCUT2D eigenvalue weighted by molar-refractivity contribution is -0.0184. The number of hydrogen-bond donors (Lipinski definition) is 1. The predicted octanol–water partition coefficient (Wildman–Crippen LogP) is 2.18. The maximum atomic E-state index is 3.88. The Morgan fingerprint density at radius 1 is 1.10 bits per heavy atom. The van der Waals surface area contributed by atoms with Gasteiger partial charge in [-0.1, -0.05) is 33.1 Å². The Bertz CT molecular complexity index is 299. The molecule has 0 spiro atoms. The van der Waals surface area contributed by atoms with E-state index in [0.717, 1.165) is 30.5 Å². The fourth-order valence-electron chi connectivity index (χ4n) is 4.88. The number of likely N-dealkylation sites (N-methyl/N-ethyl adjacent to an activating group) is 1. The minimum absolute atomic E-state index is 0.734. The van der Waals surface area contributed by atoms with Crippen LogP contribution in [0.1, 0.15) is 46.0 Å². The Kier molecular flexibility index (Phi) is 5.00. The normalized spacial score (nSPS) is 42.6. The monoisotopic (exact) mass is 279 g/mol. The van der Waals surface area contributed by atoms with Crippen molar-refractivity contribution in [3.8, 4) is 0 Å². The molecule has 4 aliphatic rings. The van der Waals surface area contributed by atoms with E-state index in [0.29, 0.717) is 0 Å². The van der Waals surface area contributed by atoms with Crippen LogP contribution < -0.4 is 5.32 Å². The average molecular weight is 279 g/mol. The van der Waals surface area contributed by atoms with Crippen LogP contribution in [0.15, 0.2) is 0 Å². The van der Waals surface area contributed by atoms with E-state index in [1.54, 1.807) is 0 Å².